The van der Waals surface area contributed by atoms with Gasteiger partial charge in [0, 0.05) is 12.0 Å². The number of halogens is 1. The third-order valence-corrected chi connectivity index (χ3v) is 5.50. The molecule has 2 aromatic rings. The zero-order valence-electron chi connectivity index (χ0n) is 15.7. The van der Waals surface area contributed by atoms with Crippen LogP contribution in [0.5, 0.6) is 0 Å². The highest BCUT2D eigenvalue weighted by Crippen LogP contribution is 2.33. The molecule has 3 atom stereocenters. The van der Waals surface area contributed by atoms with Crippen molar-refractivity contribution in [1.82, 2.24) is 10.2 Å². The van der Waals surface area contributed by atoms with Crippen LogP contribution in [0.2, 0.25) is 0 Å². The molecule has 1 unspecified atom stereocenters. The molecular weight excluding hydrogens is 377 g/mol. The number of hydrogen-bond acceptors (Lipinski definition) is 4. The fourth-order valence-corrected chi connectivity index (χ4v) is 3.87. The van der Waals surface area contributed by atoms with Gasteiger partial charge in [0.1, 0.15) is 11.7 Å². The third kappa shape index (κ3) is 3.25. The van der Waals surface area contributed by atoms with Gasteiger partial charge in [0.2, 0.25) is 0 Å². The lowest BCUT2D eigenvalue weighted by Gasteiger charge is -2.20. The van der Waals surface area contributed by atoms with Gasteiger partial charge in [-0.15, -0.1) is 0 Å². The molecular formula is C21H20FN3O4. The first-order chi connectivity index (χ1) is 13.8. The van der Waals surface area contributed by atoms with Crippen molar-refractivity contribution >= 4 is 17.8 Å². The Hall–Kier alpha value is -3.26. The third-order valence-electron chi connectivity index (χ3n) is 5.50. The molecule has 150 valence electrons. The number of rotatable bonds is 3. The maximum Gasteiger partial charge on any atom is 0.408 e. The largest absolute Gasteiger partial charge is 0.465 e. The van der Waals surface area contributed by atoms with Crippen molar-refractivity contribution < 1.29 is 24.2 Å². The van der Waals surface area contributed by atoms with Crippen molar-refractivity contribution in [2.75, 3.05) is 6.54 Å². The molecule has 4 rings (SSSR count). The first-order valence-electron chi connectivity index (χ1n) is 9.24. The van der Waals surface area contributed by atoms with Gasteiger partial charge >= 0.3 is 6.09 Å². The van der Waals surface area contributed by atoms with Crippen molar-refractivity contribution in [3.05, 3.63) is 59.9 Å². The van der Waals surface area contributed by atoms with E-state index in [1.54, 1.807) is 49.4 Å². The smallest absolute Gasteiger partial charge is 0.408 e. The summed E-state index contributed by atoms with van der Waals surface area (Å²) in [4.78, 5) is 29.7. The second-order valence-corrected chi connectivity index (χ2v) is 7.42. The van der Waals surface area contributed by atoms with Crippen LogP contribution >= 0.6 is 0 Å². The lowest BCUT2D eigenvalue weighted by atomic mass is 9.91. The minimum atomic E-state index is -1.24. The number of amides is 2. The van der Waals surface area contributed by atoms with E-state index in [1.165, 1.54) is 6.07 Å². The minimum Gasteiger partial charge on any atom is -0.465 e. The van der Waals surface area contributed by atoms with Gasteiger partial charge in [0.15, 0.2) is 5.54 Å². The molecule has 3 N–H and O–H groups in total. The summed E-state index contributed by atoms with van der Waals surface area (Å²) < 4.78 is 14.0. The molecule has 2 aliphatic rings. The Morgan fingerprint density at radius 2 is 1.93 bits per heavy atom. The molecule has 0 bridgehead atoms. The van der Waals surface area contributed by atoms with Crippen LogP contribution in [-0.2, 0) is 10.3 Å². The fourth-order valence-electron chi connectivity index (χ4n) is 3.87. The Morgan fingerprint density at radius 3 is 2.59 bits per heavy atom. The van der Waals surface area contributed by atoms with Crippen LogP contribution in [0.3, 0.4) is 0 Å². The summed E-state index contributed by atoms with van der Waals surface area (Å²) in [6.45, 7) is 1.62. The number of aliphatic imine (C=N–C) groups is 1. The SMILES string of the molecule is C[C@@]1(c2ccc(-c3ccccc3F)cc2)N=C(C2C[C@@H](O)CN2C(=O)O)NC1=O. The number of nitrogens with one attached hydrogen (secondary N) is 1. The fraction of sp³-hybridized carbons (Fsp3) is 0.286. The lowest BCUT2D eigenvalue weighted by Crippen LogP contribution is -2.45. The predicted molar refractivity (Wildman–Crippen MR) is 104 cm³/mol. The van der Waals surface area contributed by atoms with E-state index in [-0.39, 0.29) is 30.5 Å². The molecule has 2 heterocycles. The number of carbonyl (C=O) groups excluding carboxylic acids is 1. The summed E-state index contributed by atoms with van der Waals surface area (Å²) in [7, 11) is 0. The topological polar surface area (TPSA) is 102 Å². The lowest BCUT2D eigenvalue weighted by molar-refractivity contribution is -0.123. The monoisotopic (exact) mass is 397 g/mol. The standard InChI is InChI=1S/C21H20FN3O4/c1-21(13-8-6-12(7-9-13)15-4-2-3-5-16(15)22)19(27)23-18(24-21)17-10-14(26)11-25(17)20(28)29/h2-9,14,17,26H,10-11H2,1H3,(H,28,29)(H,23,24,27)/t14-,17?,21+/m1/s1. The maximum absolute atomic E-state index is 14.0. The number of carbonyl (C=O) groups is 2. The van der Waals surface area contributed by atoms with Gasteiger partial charge in [-0.05, 0) is 24.1 Å². The number of likely N-dealkylation sites (tertiary alicyclic amines) is 1. The van der Waals surface area contributed by atoms with E-state index in [4.69, 9.17) is 0 Å². The molecule has 0 spiro atoms. The van der Waals surface area contributed by atoms with Crippen LogP contribution in [0.25, 0.3) is 11.1 Å². The highest BCUT2D eigenvalue weighted by molar-refractivity contribution is 6.11. The molecule has 8 heteroatoms. The molecule has 1 fully saturated rings. The van der Waals surface area contributed by atoms with Crippen LogP contribution in [0, 0.1) is 5.82 Å². The van der Waals surface area contributed by atoms with Gasteiger partial charge in [-0.3, -0.25) is 9.69 Å². The second kappa shape index (κ2) is 6.97. The first-order valence-corrected chi connectivity index (χ1v) is 9.24. The van der Waals surface area contributed by atoms with Crippen molar-refractivity contribution in [2.45, 2.75) is 31.0 Å². The van der Waals surface area contributed by atoms with E-state index in [0.29, 0.717) is 16.7 Å². The van der Waals surface area contributed by atoms with Gasteiger partial charge in [0.05, 0.1) is 18.7 Å². The van der Waals surface area contributed by atoms with Crippen molar-refractivity contribution in [2.24, 2.45) is 4.99 Å². The molecule has 2 aromatic carbocycles. The predicted octanol–water partition coefficient (Wildman–Crippen LogP) is 2.35. The summed E-state index contributed by atoms with van der Waals surface area (Å²) in [5, 5.41) is 21.9. The number of benzene rings is 2. The molecule has 2 amide bonds. The molecule has 2 aliphatic heterocycles. The molecule has 0 radical (unpaired) electrons. The molecule has 0 aromatic heterocycles. The number of amidine groups is 1. The highest BCUT2D eigenvalue weighted by Gasteiger charge is 2.46. The van der Waals surface area contributed by atoms with Crippen LogP contribution in [0.1, 0.15) is 18.9 Å². The maximum atomic E-state index is 14.0. The molecule has 29 heavy (non-hydrogen) atoms. The number of nitrogens with zero attached hydrogens (tertiary/aromatic N) is 2. The van der Waals surface area contributed by atoms with Crippen LogP contribution in [-0.4, -0.2) is 51.6 Å². The van der Waals surface area contributed by atoms with Crippen molar-refractivity contribution in [1.29, 1.82) is 0 Å². The number of β-amino-alcohol motifs (C(OH)–C–C–N with tert-alkyl or cyclic N) is 1. The van der Waals surface area contributed by atoms with Gasteiger partial charge in [-0.2, -0.15) is 0 Å². The van der Waals surface area contributed by atoms with E-state index in [2.05, 4.69) is 10.3 Å². The number of aliphatic hydroxyl groups excluding tert-OH is 1. The van der Waals surface area contributed by atoms with E-state index < -0.39 is 23.8 Å². The number of carboxylic acid groups (broad SMARTS) is 1. The Labute approximate surface area is 166 Å². The van der Waals surface area contributed by atoms with E-state index in [9.17, 15) is 24.2 Å². The number of aliphatic hydroxyl groups is 1. The molecule has 0 saturated carbocycles. The summed E-state index contributed by atoms with van der Waals surface area (Å²) in [6, 6.07) is 12.6. The average Bonchev–Trinajstić information content (AvgIpc) is 3.23. The average molecular weight is 397 g/mol. The van der Waals surface area contributed by atoms with Crippen molar-refractivity contribution in [3.8, 4) is 11.1 Å². The normalized spacial score (nSPS) is 26.4. The second-order valence-electron chi connectivity index (χ2n) is 7.42. The van der Waals surface area contributed by atoms with E-state index in [0.717, 1.165) is 4.90 Å². The Kier molecular flexibility index (Phi) is 4.58. The van der Waals surface area contributed by atoms with Gasteiger partial charge in [-0.1, -0.05) is 42.5 Å². The number of hydrogen-bond donors (Lipinski definition) is 3. The van der Waals surface area contributed by atoms with Crippen LogP contribution in [0.4, 0.5) is 9.18 Å². The summed E-state index contributed by atoms with van der Waals surface area (Å²) >= 11 is 0. The molecule has 0 aliphatic carbocycles. The summed E-state index contributed by atoms with van der Waals surface area (Å²) in [6.07, 6.45) is -1.80. The van der Waals surface area contributed by atoms with E-state index >= 15 is 0 Å². The summed E-state index contributed by atoms with van der Waals surface area (Å²) in [5.74, 6) is -0.480. The molecule has 7 nitrogen and oxygen atoms in total. The van der Waals surface area contributed by atoms with Gasteiger partial charge in [0.25, 0.3) is 5.91 Å². The minimum absolute atomic E-state index is 0.0249. The first kappa shape index (κ1) is 19.1. The zero-order valence-corrected chi connectivity index (χ0v) is 15.7. The van der Waals surface area contributed by atoms with E-state index in [1.807, 2.05) is 0 Å². The Balaban J connectivity index is 1.65. The van der Waals surface area contributed by atoms with Crippen molar-refractivity contribution in [3.63, 3.8) is 0 Å². The summed E-state index contributed by atoms with van der Waals surface area (Å²) in [5.41, 5.74) is 0.502. The van der Waals surface area contributed by atoms with Gasteiger partial charge in [-0.25, -0.2) is 14.2 Å². The van der Waals surface area contributed by atoms with Gasteiger partial charge < -0.3 is 15.5 Å². The molecule has 1 saturated heterocycles. The Morgan fingerprint density at radius 1 is 1.24 bits per heavy atom. The van der Waals surface area contributed by atoms with Crippen LogP contribution in [0.15, 0.2) is 53.5 Å². The highest BCUT2D eigenvalue weighted by atomic mass is 19.1. The Bertz CT molecular complexity index is 1010. The zero-order chi connectivity index (χ0) is 20.8. The van der Waals surface area contributed by atoms with Crippen LogP contribution < -0.4 is 5.32 Å². The quantitative estimate of drug-likeness (QED) is 0.740.